The lowest BCUT2D eigenvalue weighted by Gasteiger charge is -2.04. The van der Waals surface area contributed by atoms with E-state index in [0.29, 0.717) is 10.7 Å². The van der Waals surface area contributed by atoms with Crippen molar-refractivity contribution in [3.63, 3.8) is 0 Å². The van der Waals surface area contributed by atoms with Gasteiger partial charge in [-0.2, -0.15) is 0 Å². The second-order valence-electron chi connectivity index (χ2n) is 3.66. The summed E-state index contributed by atoms with van der Waals surface area (Å²) in [6.07, 6.45) is 2.78. The van der Waals surface area contributed by atoms with Crippen molar-refractivity contribution >= 4 is 34.5 Å². The van der Waals surface area contributed by atoms with E-state index < -0.39 is 5.91 Å². The summed E-state index contributed by atoms with van der Waals surface area (Å²) in [4.78, 5) is 14.9. The van der Waals surface area contributed by atoms with E-state index >= 15 is 0 Å². The summed E-state index contributed by atoms with van der Waals surface area (Å²) in [6.45, 7) is 0. The van der Waals surface area contributed by atoms with Gasteiger partial charge < -0.3 is 10.5 Å². The fourth-order valence-corrected chi connectivity index (χ4v) is 1.77. The topological polar surface area (TPSA) is 65.2 Å². The number of nitrogens with two attached hydrogens (primary N) is 1. The quantitative estimate of drug-likeness (QED) is 0.682. The van der Waals surface area contributed by atoms with Crippen LogP contribution < -0.4 is 10.5 Å². The van der Waals surface area contributed by atoms with Gasteiger partial charge in [0.05, 0.1) is 12.6 Å². The van der Waals surface area contributed by atoms with Gasteiger partial charge in [-0.3, -0.25) is 4.79 Å². The van der Waals surface area contributed by atoms with Crippen LogP contribution in [0.25, 0.3) is 17.0 Å². The number of benzene rings is 1. The Balaban J connectivity index is 2.54. The highest BCUT2D eigenvalue weighted by atomic mass is 35.5. The number of primary amides is 1. The van der Waals surface area contributed by atoms with E-state index in [9.17, 15) is 4.79 Å². The van der Waals surface area contributed by atoms with Crippen molar-refractivity contribution in [1.82, 2.24) is 4.98 Å². The molecular formula is C13H11ClN2O2. The van der Waals surface area contributed by atoms with Crippen LogP contribution in [-0.2, 0) is 4.79 Å². The zero-order valence-electron chi connectivity index (χ0n) is 9.68. The number of amides is 1. The molecule has 0 saturated heterocycles. The molecule has 0 radical (unpaired) electrons. The molecule has 2 N–H and O–H groups in total. The summed E-state index contributed by atoms with van der Waals surface area (Å²) in [5.41, 5.74) is 6.44. The third-order valence-corrected chi connectivity index (χ3v) is 2.73. The number of hydrogen-bond acceptors (Lipinski definition) is 3. The lowest BCUT2D eigenvalue weighted by molar-refractivity contribution is -0.113. The average Bonchev–Trinajstić information content (AvgIpc) is 2.35. The van der Waals surface area contributed by atoms with Crippen LogP contribution in [-0.4, -0.2) is 18.0 Å². The molecular weight excluding hydrogens is 252 g/mol. The van der Waals surface area contributed by atoms with Gasteiger partial charge in [-0.05, 0) is 30.3 Å². The van der Waals surface area contributed by atoms with Crippen molar-refractivity contribution in [1.29, 1.82) is 0 Å². The molecule has 0 spiro atoms. The minimum atomic E-state index is -0.531. The number of hydrogen-bond donors (Lipinski definition) is 1. The highest BCUT2D eigenvalue weighted by Crippen LogP contribution is 2.24. The van der Waals surface area contributed by atoms with Crippen molar-refractivity contribution < 1.29 is 9.53 Å². The van der Waals surface area contributed by atoms with Gasteiger partial charge in [0, 0.05) is 17.0 Å². The third-order valence-electron chi connectivity index (χ3n) is 2.43. The van der Waals surface area contributed by atoms with Crippen LogP contribution in [0.4, 0.5) is 0 Å². The summed E-state index contributed by atoms with van der Waals surface area (Å²) in [5, 5.41) is 1.20. The number of carbonyl (C=O) groups excluding carboxylic acids is 1. The molecule has 1 aromatic heterocycles. The summed E-state index contributed by atoms with van der Waals surface area (Å²) in [5.74, 6) is 0.202. The summed E-state index contributed by atoms with van der Waals surface area (Å²) < 4.78 is 5.14. The molecule has 0 unspecified atom stereocenters. The van der Waals surface area contributed by atoms with Crippen molar-refractivity contribution in [2.45, 2.75) is 0 Å². The fourth-order valence-electron chi connectivity index (χ4n) is 1.56. The molecule has 0 aliphatic carbocycles. The zero-order chi connectivity index (χ0) is 13.1. The maximum absolute atomic E-state index is 10.7. The van der Waals surface area contributed by atoms with E-state index in [-0.39, 0.29) is 0 Å². The van der Waals surface area contributed by atoms with Gasteiger partial charge in [0.15, 0.2) is 0 Å². The minimum Gasteiger partial charge on any atom is -0.497 e. The number of halogens is 1. The third kappa shape index (κ3) is 2.60. The Morgan fingerprint density at radius 2 is 2.22 bits per heavy atom. The summed E-state index contributed by atoms with van der Waals surface area (Å²) in [7, 11) is 1.60. The van der Waals surface area contributed by atoms with Crippen LogP contribution in [0, 0.1) is 0 Å². The number of ether oxygens (including phenoxy) is 1. The molecule has 2 rings (SSSR count). The van der Waals surface area contributed by atoms with Crippen LogP contribution >= 0.6 is 11.6 Å². The molecule has 0 atom stereocenters. The molecule has 0 bridgehead atoms. The molecule has 1 heterocycles. The molecule has 5 heteroatoms. The van der Waals surface area contributed by atoms with Crippen LogP contribution in [0.15, 0.2) is 30.3 Å². The Kier molecular flexibility index (Phi) is 3.48. The Labute approximate surface area is 109 Å². The molecule has 0 fully saturated rings. The normalized spacial score (nSPS) is 11.0. The number of pyridine rings is 1. The Bertz CT molecular complexity index is 638. The van der Waals surface area contributed by atoms with Gasteiger partial charge >= 0.3 is 0 Å². The lowest BCUT2D eigenvalue weighted by Crippen LogP contribution is -2.05. The zero-order valence-corrected chi connectivity index (χ0v) is 10.4. The first kappa shape index (κ1) is 12.4. The lowest BCUT2D eigenvalue weighted by atomic mass is 10.1. The van der Waals surface area contributed by atoms with Gasteiger partial charge in [-0.1, -0.05) is 11.6 Å². The number of fused-ring (bicyclic) bond motifs is 1. The SMILES string of the molecule is COc1ccc2nc(Cl)c(C=CC(N)=O)cc2c1. The molecule has 1 amide bonds. The molecule has 92 valence electrons. The number of carbonyl (C=O) groups is 1. The van der Waals surface area contributed by atoms with Gasteiger partial charge in [0.2, 0.25) is 5.91 Å². The number of nitrogens with zero attached hydrogens (tertiary/aromatic N) is 1. The highest BCUT2D eigenvalue weighted by molar-refractivity contribution is 6.31. The van der Waals surface area contributed by atoms with Crippen molar-refractivity contribution in [2.24, 2.45) is 5.73 Å². The van der Waals surface area contributed by atoms with E-state index in [0.717, 1.165) is 16.7 Å². The predicted molar refractivity (Wildman–Crippen MR) is 71.5 cm³/mol. The largest absolute Gasteiger partial charge is 0.497 e. The summed E-state index contributed by atoms with van der Waals surface area (Å²) in [6, 6.07) is 7.30. The van der Waals surface area contributed by atoms with E-state index in [4.69, 9.17) is 22.1 Å². The van der Waals surface area contributed by atoms with E-state index in [2.05, 4.69) is 4.98 Å². The molecule has 18 heavy (non-hydrogen) atoms. The van der Waals surface area contributed by atoms with E-state index in [1.165, 1.54) is 12.2 Å². The average molecular weight is 263 g/mol. The van der Waals surface area contributed by atoms with E-state index in [1.54, 1.807) is 7.11 Å². The monoisotopic (exact) mass is 262 g/mol. The number of rotatable bonds is 3. The Hall–Kier alpha value is -2.07. The molecule has 0 aliphatic rings. The van der Waals surface area contributed by atoms with Gasteiger partial charge in [-0.25, -0.2) is 4.98 Å². The highest BCUT2D eigenvalue weighted by Gasteiger charge is 2.04. The number of aromatic nitrogens is 1. The van der Waals surface area contributed by atoms with Gasteiger partial charge in [0.1, 0.15) is 10.9 Å². The van der Waals surface area contributed by atoms with Gasteiger partial charge in [-0.15, -0.1) is 0 Å². The van der Waals surface area contributed by atoms with Crippen LogP contribution in [0.3, 0.4) is 0 Å². The smallest absolute Gasteiger partial charge is 0.241 e. The first-order valence-corrected chi connectivity index (χ1v) is 5.60. The molecule has 0 saturated carbocycles. The first-order valence-electron chi connectivity index (χ1n) is 5.22. The Morgan fingerprint density at radius 1 is 1.44 bits per heavy atom. The molecule has 4 nitrogen and oxygen atoms in total. The van der Waals surface area contributed by atoms with Crippen molar-refractivity contribution in [3.8, 4) is 5.75 Å². The van der Waals surface area contributed by atoms with Crippen LogP contribution in [0.5, 0.6) is 5.75 Å². The van der Waals surface area contributed by atoms with Crippen molar-refractivity contribution in [3.05, 3.63) is 41.1 Å². The van der Waals surface area contributed by atoms with Crippen LogP contribution in [0.2, 0.25) is 5.15 Å². The minimum absolute atomic E-state index is 0.324. The molecule has 2 aromatic rings. The second kappa shape index (κ2) is 5.06. The molecule has 1 aromatic carbocycles. The molecule has 0 aliphatic heterocycles. The Morgan fingerprint density at radius 3 is 2.89 bits per heavy atom. The van der Waals surface area contributed by atoms with Crippen LogP contribution in [0.1, 0.15) is 5.56 Å². The van der Waals surface area contributed by atoms with Gasteiger partial charge in [0.25, 0.3) is 0 Å². The maximum Gasteiger partial charge on any atom is 0.241 e. The number of methoxy groups -OCH3 is 1. The summed E-state index contributed by atoms with van der Waals surface area (Å²) >= 11 is 6.01. The second-order valence-corrected chi connectivity index (χ2v) is 4.02. The fraction of sp³-hybridized carbons (Fsp3) is 0.0769. The standard InChI is InChI=1S/C13H11ClN2O2/c1-18-10-3-4-11-9(7-10)6-8(13(14)16-11)2-5-12(15)17/h2-7H,1H3,(H2,15,17). The van der Waals surface area contributed by atoms with Crippen molar-refractivity contribution in [2.75, 3.05) is 7.11 Å². The first-order chi connectivity index (χ1) is 8.60. The van der Waals surface area contributed by atoms with E-state index in [1.807, 2.05) is 24.3 Å². The maximum atomic E-state index is 10.7. The predicted octanol–water partition coefficient (Wildman–Crippen LogP) is 2.40.